The van der Waals surface area contributed by atoms with Crippen molar-refractivity contribution < 1.29 is 17.3 Å². The summed E-state index contributed by atoms with van der Waals surface area (Å²) in [4.78, 5) is 10.6. The lowest BCUT2D eigenvalue weighted by molar-refractivity contribution is 0.236. The van der Waals surface area contributed by atoms with Crippen LogP contribution in [0.5, 0.6) is 0 Å². The van der Waals surface area contributed by atoms with Crippen LogP contribution in [0, 0.1) is 5.82 Å². The van der Waals surface area contributed by atoms with Crippen molar-refractivity contribution in [1.82, 2.24) is 24.3 Å². The van der Waals surface area contributed by atoms with E-state index in [0.717, 1.165) is 17.7 Å². The van der Waals surface area contributed by atoms with Gasteiger partial charge in [0.2, 0.25) is 21.7 Å². The first-order valence-corrected chi connectivity index (χ1v) is 10.7. The first-order valence-electron chi connectivity index (χ1n) is 9.23. The van der Waals surface area contributed by atoms with Crippen LogP contribution < -0.4 is 0 Å². The number of aromatic nitrogens is 3. The Bertz CT molecular complexity index is 1060. The van der Waals surface area contributed by atoms with Crippen molar-refractivity contribution in [2.75, 3.05) is 26.2 Å². The molecule has 1 fully saturated rings. The first-order chi connectivity index (χ1) is 14.0. The van der Waals surface area contributed by atoms with Gasteiger partial charge in [0, 0.05) is 37.6 Å². The molecular formula is C19H20FN5O3S. The SMILES string of the molecule is O=S(=O)(c1ccc(F)cc1)N1CCCN(Cc2nc(-c3cccnc3)no2)CC1. The molecule has 8 nitrogen and oxygen atoms in total. The number of nitrogens with zero attached hydrogens (tertiary/aromatic N) is 5. The number of rotatable bonds is 5. The molecule has 0 aliphatic carbocycles. The number of sulfonamides is 1. The molecule has 4 rings (SSSR count). The number of benzene rings is 1. The quantitative estimate of drug-likeness (QED) is 0.628. The summed E-state index contributed by atoms with van der Waals surface area (Å²) in [6, 6.07) is 8.57. The van der Waals surface area contributed by atoms with Gasteiger partial charge in [0.15, 0.2) is 0 Å². The summed E-state index contributed by atoms with van der Waals surface area (Å²) in [5, 5.41) is 3.99. The third kappa shape index (κ3) is 4.50. The smallest absolute Gasteiger partial charge is 0.243 e. The molecule has 3 heterocycles. The molecule has 0 spiro atoms. The molecule has 29 heavy (non-hydrogen) atoms. The van der Waals surface area contributed by atoms with Crippen molar-refractivity contribution in [2.24, 2.45) is 0 Å². The van der Waals surface area contributed by atoms with E-state index in [4.69, 9.17) is 4.52 Å². The summed E-state index contributed by atoms with van der Waals surface area (Å²) >= 11 is 0. The van der Waals surface area contributed by atoms with Gasteiger partial charge in [0.1, 0.15) is 5.82 Å². The molecule has 0 amide bonds. The van der Waals surface area contributed by atoms with Crippen LogP contribution in [-0.2, 0) is 16.6 Å². The number of halogens is 1. The normalized spacial score (nSPS) is 16.6. The summed E-state index contributed by atoms with van der Waals surface area (Å²) in [5.41, 5.74) is 0.773. The Kier molecular flexibility index (Phi) is 5.65. The van der Waals surface area contributed by atoms with Crippen LogP contribution in [-0.4, -0.2) is 58.9 Å². The average molecular weight is 417 g/mol. The predicted molar refractivity (Wildman–Crippen MR) is 103 cm³/mol. The van der Waals surface area contributed by atoms with E-state index < -0.39 is 15.8 Å². The van der Waals surface area contributed by atoms with Gasteiger partial charge in [0.25, 0.3) is 0 Å². The van der Waals surface area contributed by atoms with Crippen LogP contribution in [0.2, 0.25) is 0 Å². The van der Waals surface area contributed by atoms with Crippen molar-refractivity contribution in [3.63, 3.8) is 0 Å². The topological polar surface area (TPSA) is 92.4 Å². The van der Waals surface area contributed by atoms with E-state index in [-0.39, 0.29) is 4.90 Å². The molecule has 0 bridgehead atoms. The largest absolute Gasteiger partial charge is 0.338 e. The van der Waals surface area contributed by atoms with Gasteiger partial charge >= 0.3 is 0 Å². The maximum atomic E-state index is 13.1. The molecule has 0 saturated carbocycles. The predicted octanol–water partition coefficient (Wildman–Crippen LogP) is 2.17. The minimum absolute atomic E-state index is 0.102. The number of pyridine rings is 1. The Morgan fingerprint density at radius 1 is 1.07 bits per heavy atom. The molecular weight excluding hydrogens is 397 g/mol. The highest BCUT2D eigenvalue weighted by atomic mass is 32.2. The van der Waals surface area contributed by atoms with Gasteiger partial charge < -0.3 is 4.52 Å². The summed E-state index contributed by atoms with van der Waals surface area (Å²) in [6.07, 6.45) is 4.01. The maximum Gasteiger partial charge on any atom is 0.243 e. The molecule has 0 radical (unpaired) electrons. The molecule has 1 aromatic carbocycles. The summed E-state index contributed by atoms with van der Waals surface area (Å²) in [7, 11) is -3.65. The lowest BCUT2D eigenvalue weighted by atomic mass is 10.3. The Hall–Kier alpha value is -2.69. The molecule has 2 aromatic heterocycles. The zero-order valence-corrected chi connectivity index (χ0v) is 16.4. The van der Waals surface area contributed by atoms with E-state index in [1.54, 1.807) is 18.5 Å². The van der Waals surface area contributed by atoms with Crippen LogP contribution in [0.4, 0.5) is 4.39 Å². The van der Waals surface area contributed by atoms with E-state index in [1.807, 2.05) is 6.07 Å². The zero-order valence-electron chi connectivity index (χ0n) is 15.6. The van der Waals surface area contributed by atoms with E-state index >= 15 is 0 Å². The van der Waals surface area contributed by atoms with Gasteiger partial charge in [-0.15, -0.1) is 0 Å². The Labute approximate surface area is 168 Å². The van der Waals surface area contributed by atoms with Gasteiger partial charge in [-0.2, -0.15) is 9.29 Å². The van der Waals surface area contributed by atoms with E-state index in [1.165, 1.54) is 16.4 Å². The Balaban J connectivity index is 1.40. The van der Waals surface area contributed by atoms with Crippen LogP contribution in [0.15, 0.2) is 58.2 Å². The van der Waals surface area contributed by atoms with Crippen molar-refractivity contribution >= 4 is 10.0 Å². The molecule has 3 aromatic rings. The van der Waals surface area contributed by atoms with Gasteiger partial charge in [-0.3, -0.25) is 9.88 Å². The van der Waals surface area contributed by atoms with Crippen LogP contribution in [0.1, 0.15) is 12.3 Å². The highest BCUT2D eigenvalue weighted by Crippen LogP contribution is 2.19. The second-order valence-corrected chi connectivity index (χ2v) is 8.68. The maximum absolute atomic E-state index is 13.1. The third-order valence-corrected chi connectivity index (χ3v) is 6.66. The highest BCUT2D eigenvalue weighted by molar-refractivity contribution is 7.89. The molecule has 0 N–H and O–H groups in total. The third-order valence-electron chi connectivity index (χ3n) is 4.75. The zero-order chi connectivity index (χ0) is 20.3. The van der Waals surface area contributed by atoms with Crippen molar-refractivity contribution in [3.05, 3.63) is 60.5 Å². The minimum atomic E-state index is -3.65. The van der Waals surface area contributed by atoms with Crippen LogP contribution in [0.25, 0.3) is 11.4 Å². The standard InChI is InChI=1S/C19H20FN5O3S/c20-16-4-6-17(7-5-16)29(26,27)25-10-2-9-24(11-12-25)14-18-22-19(23-28-18)15-3-1-8-21-13-15/h1,3-8,13H,2,9-12,14H2. The lowest BCUT2D eigenvalue weighted by Crippen LogP contribution is -2.35. The molecule has 152 valence electrons. The molecule has 1 aliphatic rings. The fourth-order valence-electron chi connectivity index (χ4n) is 3.22. The lowest BCUT2D eigenvalue weighted by Gasteiger charge is -2.20. The van der Waals surface area contributed by atoms with E-state index in [0.29, 0.717) is 50.9 Å². The van der Waals surface area contributed by atoms with Crippen molar-refractivity contribution in [1.29, 1.82) is 0 Å². The van der Waals surface area contributed by atoms with Crippen molar-refractivity contribution in [2.45, 2.75) is 17.9 Å². The van der Waals surface area contributed by atoms with Crippen LogP contribution in [0.3, 0.4) is 0 Å². The fraction of sp³-hybridized carbons (Fsp3) is 0.316. The molecule has 0 unspecified atom stereocenters. The number of hydrogen-bond donors (Lipinski definition) is 0. The Morgan fingerprint density at radius 3 is 2.66 bits per heavy atom. The summed E-state index contributed by atoms with van der Waals surface area (Å²) in [5.74, 6) is 0.485. The molecule has 10 heteroatoms. The van der Waals surface area contributed by atoms with Crippen LogP contribution >= 0.6 is 0 Å². The fourth-order valence-corrected chi connectivity index (χ4v) is 4.69. The van der Waals surface area contributed by atoms with Crippen molar-refractivity contribution in [3.8, 4) is 11.4 Å². The summed E-state index contributed by atoms with van der Waals surface area (Å²) in [6.45, 7) is 2.42. The molecule has 1 aliphatic heterocycles. The van der Waals surface area contributed by atoms with E-state index in [2.05, 4.69) is 20.0 Å². The average Bonchev–Trinajstić information content (AvgIpc) is 3.06. The highest BCUT2D eigenvalue weighted by Gasteiger charge is 2.27. The first kappa shape index (κ1) is 19.6. The van der Waals surface area contributed by atoms with Gasteiger partial charge in [-0.1, -0.05) is 5.16 Å². The monoisotopic (exact) mass is 417 g/mol. The molecule has 1 saturated heterocycles. The van der Waals surface area contributed by atoms with Gasteiger partial charge in [0.05, 0.1) is 11.4 Å². The van der Waals surface area contributed by atoms with Gasteiger partial charge in [-0.25, -0.2) is 12.8 Å². The van der Waals surface area contributed by atoms with Gasteiger partial charge in [-0.05, 0) is 49.4 Å². The number of hydrogen-bond acceptors (Lipinski definition) is 7. The summed E-state index contributed by atoms with van der Waals surface area (Å²) < 4.78 is 45.5. The van der Waals surface area contributed by atoms with E-state index in [9.17, 15) is 12.8 Å². The Morgan fingerprint density at radius 2 is 1.90 bits per heavy atom. The minimum Gasteiger partial charge on any atom is -0.338 e. The second-order valence-electron chi connectivity index (χ2n) is 6.74. The molecule has 0 atom stereocenters. The second kappa shape index (κ2) is 8.36.